The van der Waals surface area contributed by atoms with Crippen LogP contribution in [0.5, 0.6) is 5.75 Å². The Morgan fingerprint density at radius 2 is 2.23 bits per heavy atom. The number of hydrogen-bond donors (Lipinski definition) is 1. The molecule has 0 aliphatic carbocycles. The Bertz CT molecular complexity index is 690. The molecule has 6 nitrogen and oxygen atoms in total. The number of pyridine rings is 1. The van der Waals surface area contributed by atoms with Crippen LogP contribution in [0.25, 0.3) is 0 Å². The largest absolute Gasteiger partial charge is 0.482 e. The number of carbonyl (C=O) groups excluding carboxylic acids is 1. The Morgan fingerprint density at radius 1 is 1.41 bits per heavy atom. The summed E-state index contributed by atoms with van der Waals surface area (Å²) in [7, 11) is 0. The second-order valence-electron chi connectivity index (χ2n) is 4.43. The molecule has 0 spiro atoms. The van der Waals surface area contributed by atoms with Crippen LogP contribution in [0.1, 0.15) is 11.1 Å². The summed E-state index contributed by atoms with van der Waals surface area (Å²) >= 11 is 5.84. The van der Waals surface area contributed by atoms with Crippen LogP contribution in [-0.2, 0) is 9.63 Å². The molecule has 114 valence electrons. The molecular weight excluding hydrogens is 306 g/mol. The highest BCUT2D eigenvalue weighted by Crippen LogP contribution is 2.21. The van der Waals surface area contributed by atoms with E-state index in [0.29, 0.717) is 16.3 Å². The number of halogens is 1. The molecule has 0 aliphatic heterocycles. The van der Waals surface area contributed by atoms with Crippen molar-refractivity contribution in [2.75, 3.05) is 6.61 Å². The fourth-order valence-electron chi connectivity index (χ4n) is 1.64. The van der Waals surface area contributed by atoms with Crippen LogP contribution >= 0.6 is 11.6 Å². The molecule has 0 atom stereocenters. The Balaban J connectivity index is 1.88. The number of ether oxygens (including phenoxy) is 1. The van der Waals surface area contributed by atoms with Gasteiger partial charge >= 0.3 is 5.97 Å². The molecular formula is C15H15ClN3O3+. The molecule has 0 aliphatic rings. The van der Waals surface area contributed by atoms with E-state index in [1.54, 1.807) is 42.7 Å². The van der Waals surface area contributed by atoms with Crippen molar-refractivity contribution in [3.05, 3.63) is 58.9 Å². The highest BCUT2D eigenvalue weighted by molar-refractivity contribution is 6.30. The molecule has 0 amide bonds. The number of carbonyl (C=O) groups is 1. The van der Waals surface area contributed by atoms with Gasteiger partial charge in [-0.05, 0) is 36.8 Å². The van der Waals surface area contributed by atoms with Gasteiger partial charge in [-0.2, -0.15) is 0 Å². The highest BCUT2D eigenvalue weighted by atomic mass is 35.5. The van der Waals surface area contributed by atoms with Gasteiger partial charge < -0.3 is 15.3 Å². The summed E-state index contributed by atoms with van der Waals surface area (Å²) in [4.78, 5) is 19.1. The van der Waals surface area contributed by atoms with Gasteiger partial charge in [-0.25, -0.2) is 9.78 Å². The predicted molar refractivity (Wildman–Crippen MR) is 81.5 cm³/mol. The lowest BCUT2D eigenvalue weighted by molar-refractivity contribution is -0.378. The van der Waals surface area contributed by atoms with Crippen LogP contribution in [0.2, 0.25) is 5.02 Å². The second-order valence-corrected chi connectivity index (χ2v) is 4.87. The normalized spacial score (nSPS) is 11.1. The van der Waals surface area contributed by atoms with E-state index in [2.05, 4.69) is 10.1 Å². The van der Waals surface area contributed by atoms with Gasteiger partial charge in [0.15, 0.2) is 24.8 Å². The summed E-state index contributed by atoms with van der Waals surface area (Å²) in [5, 5.41) is 4.17. The third-order valence-corrected chi connectivity index (χ3v) is 2.97. The molecule has 1 aromatic carbocycles. The van der Waals surface area contributed by atoms with Gasteiger partial charge in [0.1, 0.15) is 5.75 Å². The van der Waals surface area contributed by atoms with Gasteiger partial charge in [-0.15, -0.1) is 0 Å². The Morgan fingerprint density at radius 3 is 2.91 bits per heavy atom. The summed E-state index contributed by atoms with van der Waals surface area (Å²) in [5.74, 6) is -0.0129. The molecule has 22 heavy (non-hydrogen) atoms. The third-order valence-electron chi connectivity index (χ3n) is 2.73. The van der Waals surface area contributed by atoms with Crippen molar-refractivity contribution < 1.29 is 19.4 Å². The van der Waals surface area contributed by atoms with Gasteiger partial charge in [0.2, 0.25) is 0 Å². The quantitative estimate of drug-likeness (QED) is 0.393. The zero-order chi connectivity index (χ0) is 15.9. The van der Waals surface area contributed by atoms with Crippen molar-refractivity contribution >= 4 is 23.4 Å². The smallest absolute Gasteiger partial charge is 0.372 e. The first kappa shape index (κ1) is 15.8. The Hall–Kier alpha value is -2.60. The zero-order valence-corrected chi connectivity index (χ0v) is 12.6. The minimum atomic E-state index is -0.655. The number of hydrogen-bond acceptors (Lipinski definition) is 4. The van der Waals surface area contributed by atoms with Crippen LogP contribution in [-0.4, -0.2) is 18.4 Å². The lowest BCUT2D eigenvalue weighted by atomic mass is 10.2. The predicted octanol–water partition coefficient (Wildman–Crippen LogP) is 1.71. The number of nitrogens with one attached hydrogen (secondary N) is 1. The number of H-pyrrole nitrogens is 1. The van der Waals surface area contributed by atoms with E-state index in [-0.39, 0.29) is 12.4 Å². The maximum atomic E-state index is 11.6. The maximum absolute atomic E-state index is 11.6. The van der Waals surface area contributed by atoms with Gasteiger partial charge in [0.05, 0.1) is 5.56 Å². The minimum absolute atomic E-state index is 0.0906. The molecule has 3 N–H and O–H groups in total. The van der Waals surface area contributed by atoms with Crippen LogP contribution in [0.4, 0.5) is 0 Å². The first-order valence-electron chi connectivity index (χ1n) is 6.45. The molecule has 7 heteroatoms. The van der Waals surface area contributed by atoms with Crippen LogP contribution in [0, 0.1) is 6.92 Å². The zero-order valence-electron chi connectivity index (χ0n) is 11.9. The molecule has 2 aromatic rings. The Labute approximate surface area is 132 Å². The van der Waals surface area contributed by atoms with E-state index in [0.717, 1.165) is 5.56 Å². The molecule has 0 saturated carbocycles. The number of nitrogens with two attached hydrogens (primary N) is 1. The second kappa shape index (κ2) is 7.42. The highest BCUT2D eigenvalue weighted by Gasteiger charge is 2.08. The van der Waals surface area contributed by atoms with Gasteiger partial charge in [-0.1, -0.05) is 16.8 Å². The number of aryl methyl sites for hydroxylation is 1. The SMILES string of the molecule is Cc1cc(Cl)ccc1OCC(=O)ON=C(N)c1ccc[nH+]c1. The summed E-state index contributed by atoms with van der Waals surface area (Å²) in [6.07, 6.45) is 3.37. The average Bonchev–Trinajstić information content (AvgIpc) is 2.52. The molecule has 1 aromatic heterocycles. The van der Waals surface area contributed by atoms with Crippen molar-refractivity contribution in [1.82, 2.24) is 0 Å². The van der Waals surface area contributed by atoms with Crippen molar-refractivity contribution in [3.63, 3.8) is 0 Å². The third kappa shape index (κ3) is 4.46. The van der Waals surface area contributed by atoms with Crippen LogP contribution in [0.3, 0.4) is 0 Å². The molecule has 0 radical (unpaired) electrons. The summed E-state index contributed by atoms with van der Waals surface area (Å²) < 4.78 is 5.34. The lowest BCUT2D eigenvalue weighted by Gasteiger charge is -2.07. The standard InChI is InChI=1S/C15H14ClN3O3/c1-10-7-12(16)4-5-13(10)21-9-14(20)22-19-15(17)11-3-2-6-18-8-11/h2-8H,9H2,1H3,(H2,17,19)/p+1. The number of amidine groups is 1. The molecule has 1 heterocycles. The number of rotatable bonds is 5. The first-order chi connectivity index (χ1) is 10.6. The maximum Gasteiger partial charge on any atom is 0.372 e. The van der Waals surface area contributed by atoms with Crippen LogP contribution in [0.15, 0.2) is 47.9 Å². The van der Waals surface area contributed by atoms with Crippen molar-refractivity contribution in [1.29, 1.82) is 0 Å². The average molecular weight is 321 g/mol. The topological polar surface area (TPSA) is 88.0 Å². The number of benzene rings is 1. The number of aromatic amines is 1. The van der Waals surface area contributed by atoms with Gasteiger partial charge in [0, 0.05) is 11.1 Å². The summed E-state index contributed by atoms with van der Waals surface area (Å²) in [6, 6.07) is 8.59. The summed E-state index contributed by atoms with van der Waals surface area (Å²) in [5.41, 5.74) is 7.13. The van der Waals surface area contributed by atoms with E-state index < -0.39 is 5.97 Å². The van der Waals surface area contributed by atoms with E-state index >= 15 is 0 Å². The van der Waals surface area contributed by atoms with Gasteiger partial charge in [0.25, 0.3) is 0 Å². The number of nitrogens with zero attached hydrogens (tertiary/aromatic N) is 1. The monoisotopic (exact) mass is 320 g/mol. The first-order valence-corrected chi connectivity index (χ1v) is 6.83. The van der Waals surface area contributed by atoms with Crippen molar-refractivity contribution in [2.24, 2.45) is 10.9 Å². The lowest BCUT2D eigenvalue weighted by Crippen LogP contribution is -2.19. The molecule has 0 fully saturated rings. The van der Waals surface area contributed by atoms with E-state index in [1.165, 1.54) is 0 Å². The fraction of sp³-hybridized carbons (Fsp3) is 0.133. The minimum Gasteiger partial charge on any atom is -0.482 e. The van der Waals surface area contributed by atoms with E-state index in [4.69, 9.17) is 26.9 Å². The van der Waals surface area contributed by atoms with E-state index in [9.17, 15) is 4.79 Å². The molecule has 0 bridgehead atoms. The summed E-state index contributed by atoms with van der Waals surface area (Å²) in [6.45, 7) is 1.55. The van der Waals surface area contributed by atoms with Crippen molar-refractivity contribution in [2.45, 2.75) is 6.92 Å². The molecule has 2 rings (SSSR count). The Kier molecular flexibility index (Phi) is 5.32. The molecule has 0 unspecified atom stereocenters. The number of oxime groups is 1. The van der Waals surface area contributed by atoms with Gasteiger partial charge in [-0.3, -0.25) is 0 Å². The van der Waals surface area contributed by atoms with E-state index in [1.807, 2.05) is 6.92 Å². The van der Waals surface area contributed by atoms with Crippen LogP contribution < -0.4 is 15.5 Å². The van der Waals surface area contributed by atoms with Crippen molar-refractivity contribution in [3.8, 4) is 5.75 Å². The number of aromatic nitrogens is 1. The molecule has 0 saturated heterocycles. The fourth-order valence-corrected chi connectivity index (χ4v) is 1.87.